The Labute approximate surface area is 135 Å². The topological polar surface area (TPSA) is 62.3 Å². The van der Waals surface area contributed by atoms with Gasteiger partial charge in [-0.1, -0.05) is 6.07 Å². The third-order valence-corrected chi connectivity index (χ3v) is 6.11. The number of sulfonamides is 1. The second kappa shape index (κ2) is 6.90. The van der Waals surface area contributed by atoms with E-state index < -0.39 is 22.7 Å². The molecule has 2 aromatic rings. The highest BCUT2D eigenvalue weighted by molar-refractivity contribution is 7.89. The number of pyridine rings is 1. The summed E-state index contributed by atoms with van der Waals surface area (Å²) in [6, 6.07) is 6.06. The van der Waals surface area contributed by atoms with Crippen LogP contribution in [0.2, 0.25) is 0 Å². The predicted octanol–water partition coefficient (Wildman–Crippen LogP) is 1.95. The summed E-state index contributed by atoms with van der Waals surface area (Å²) in [5.74, 6) is 0. The number of nitrogens with zero attached hydrogens (tertiary/aromatic N) is 2. The Bertz CT molecular complexity index is 782. The quantitative estimate of drug-likeness (QED) is 0.930. The van der Waals surface area contributed by atoms with Gasteiger partial charge in [0.2, 0.25) is 10.0 Å². The van der Waals surface area contributed by atoms with Gasteiger partial charge in [0.05, 0.1) is 10.9 Å². The summed E-state index contributed by atoms with van der Waals surface area (Å²) >= 11 is 0. The van der Waals surface area contributed by atoms with Crippen LogP contribution in [0.15, 0.2) is 41.6 Å². The highest BCUT2D eigenvalue weighted by atomic mass is 32.2. The predicted molar refractivity (Wildman–Crippen MR) is 87.5 cm³/mol. The van der Waals surface area contributed by atoms with Crippen molar-refractivity contribution in [2.45, 2.75) is 23.8 Å². The minimum Gasteiger partial charge on any atom is -0.315 e. The Balaban J connectivity index is 1.99. The lowest BCUT2D eigenvalue weighted by Crippen LogP contribution is -2.49. The highest BCUT2D eigenvalue weighted by Crippen LogP contribution is 2.24. The maximum Gasteiger partial charge on any atom is 0.243 e. The molecule has 1 aliphatic heterocycles. The number of halogens is 1. The van der Waals surface area contributed by atoms with Gasteiger partial charge in [-0.2, -0.15) is 4.31 Å². The van der Waals surface area contributed by atoms with Crippen LogP contribution in [0.1, 0.15) is 12.8 Å². The first-order valence-corrected chi connectivity index (χ1v) is 9.19. The normalized spacial score (nSPS) is 21.0. The largest absolute Gasteiger partial charge is 0.315 e. The summed E-state index contributed by atoms with van der Waals surface area (Å²) in [6.07, 6.45) is 4.92. The third kappa shape index (κ3) is 3.36. The molecule has 1 aliphatic rings. The zero-order valence-electron chi connectivity index (χ0n) is 12.8. The molecule has 0 saturated carbocycles. The Kier molecular flexibility index (Phi) is 4.89. The van der Waals surface area contributed by atoms with Crippen LogP contribution in [0.5, 0.6) is 0 Å². The number of benzene rings is 1. The van der Waals surface area contributed by atoms with E-state index in [1.807, 2.05) is 0 Å². The number of hydrogen-bond acceptors (Lipinski definition) is 4. The second-order valence-corrected chi connectivity index (χ2v) is 7.61. The summed E-state index contributed by atoms with van der Waals surface area (Å²) in [4.78, 5) is 4.23. The zero-order valence-corrected chi connectivity index (χ0v) is 13.6. The van der Waals surface area contributed by atoms with Gasteiger partial charge in [-0.3, -0.25) is 4.98 Å². The molecule has 124 valence electrons. The molecular formula is C16H20FN3O2S. The Morgan fingerprint density at radius 3 is 2.96 bits per heavy atom. The minimum atomic E-state index is -3.72. The maximum absolute atomic E-state index is 13.4. The van der Waals surface area contributed by atoms with Crippen molar-refractivity contribution in [3.05, 3.63) is 36.7 Å². The minimum absolute atomic E-state index is 0.204. The van der Waals surface area contributed by atoms with Gasteiger partial charge < -0.3 is 5.32 Å². The van der Waals surface area contributed by atoms with Crippen molar-refractivity contribution in [2.75, 3.05) is 26.3 Å². The van der Waals surface area contributed by atoms with Crippen LogP contribution in [0.4, 0.5) is 4.39 Å². The molecule has 1 aromatic heterocycles. The molecule has 23 heavy (non-hydrogen) atoms. The van der Waals surface area contributed by atoms with E-state index in [2.05, 4.69) is 10.3 Å². The summed E-state index contributed by atoms with van der Waals surface area (Å²) in [5.41, 5.74) is 0. The number of rotatable bonds is 3. The molecule has 1 atom stereocenters. The van der Waals surface area contributed by atoms with Crippen LogP contribution in [0.25, 0.3) is 10.8 Å². The molecule has 0 unspecified atom stereocenters. The molecule has 0 aliphatic carbocycles. The van der Waals surface area contributed by atoms with E-state index in [-0.39, 0.29) is 4.90 Å². The van der Waals surface area contributed by atoms with E-state index in [9.17, 15) is 12.8 Å². The average molecular weight is 337 g/mol. The molecule has 7 heteroatoms. The second-order valence-electron chi connectivity index (χ2n) is 5.72. The Morgan fingerprint density at radius 1 is 1.26 bits per heavy atom. The van der Waals surface area contributed by atoms with E-state index in [1.165, 1.54) is 4.31 Å². The van der Waals surface area contributed by atoms with Gasteiger partial charge in [0.25, 0.3) is 0 Å². The van der Waals surface area contributed by atoms with Crippen molar-refractivity contribution in [1.82, 2.24) is 14.6 Å². The van der Waals surface area contributed by atoms with Crippen LogP contribution in [-0.2, 0) is 10.0 Å². The molecule has 0 bridgehead atoms. The molecule has 1 fully saturated rings. The van der Waals surface area contributed by atoms with Crippen LogP contribution in [0, 0.1) is 0 Å². The first kappa shape index (κ1) is 16.3. The highest BCUT2D eigenvalue weighted by Gasteiger charge is 2.32. The van der Waals surface area contributed by atoms with Gasteiger partial charge in [-0.25, -0.2) is 12.8 Å². The van der Waals surface area contributed by atoms with Gasteiger partial charge in [-0.05, 0) is 43.0 Å². The van der Waals surface area contributed by atoms with Crippen LogP contribution < -0.4 is 5.32 Å². The molecule has 0 radical (unpaired) electrons. The van der Waals surface area contributed by atoms with Gasteiger partial charge in [0.1, 0.15) is 6.67 Å². The van der Waals surface area contributed by atoms with E-state index in [4.69, 9.17) is 0 Å². The molecule has 1 aromatic carbocycles. The van der Waals surface area contributed by atoms with Crippen molar-refractivity contribution in [1.29, 1.82) is 0 Å². The SMILES string of the molecule is O=S(=O)(c1ccc2cnccc2c1)N1CCCCNC[C@H]1CF. The number of nitrogens with one attached hydrogen (secondary N) is 1. The Morgan fingerprint density at radius 2 is 2.13 bits per heavy atom. The van der Waals surface area contributed by atoms with E-state index in [1.54, 1.807) is 36.7 Å². The van der Waals surface area contributed by atoms with Crippen LogP contribution in [-0.4, -0.2) is 50.1 Å². The van der Waals surface area contributed by atoms with Crippen LogP contribution in [0.3, 0.4) is 0 Å². The first-order valence-electron chi connectivity index (χ1n) is 7.75. The van der Waals surface area contributed by atoms with E-state index in [0.29, 0.717) is 13.1 Å². The molecule has 3 rings (SSSR count). The lowest BCUT2D eigenvalue weighted by molar-refractivity contribution is 0.240. The summed E-state index contributed by atoms with van der Waals surface area (Å²) in [7, 11) is -3.72. The molecule has 1 N–H and O–H groups in total. The van der Waals surface area contributed by atoms with E-state index >= 15 is 0 Å². The number of alkyl halides is 1. The third-order valence-electron chi connectivity index (χ3n) is 4.17. The number of hydrogen-bond donors (Lipinski definition) is 1. The summed E-state index contributed by atoms with van der Waals surface area (Å²) in [5, 5.41) is 4.80. The monoisotopic (exact) mass is 337 g/mol. The van der Waals surface area contributed by atoms with Gasteiger partial charge in [0, 0.05) is 30.9 Å². The number of aromatic nitrogens is 1. The van der Waals surface area contributed by atoms with Crippen molar-refractivity contribution in [3.63, 3.8) is 0 Å². The molecule has 0 amide bonds. The van der Waals surface area contributed by atoms with Crippen molar-refractivity contribution in [3.8, 4) is 0 Å². The summed E-state index contributed by atoms with van der Waals surface area (Å²) < 4.78 is 40.7. The molecular weight excluding hydrogens is 317 g/mol. The molecule has 0 spiro atoms. The average Bonchev–Trinajstić information content (AvgIpc) is 2.54. The van der Waals surface area contributed by atoms with Crippen LogP contribution >= 0.6 is 0 Å². The standard InChI is InChI=1S/C16H20FN3O2S/c17-10-15-12-18-6-1-2-8-20(15)23(21,22)16-4-3-14-11-19-7-5-13(14)9-16/h3-5,7,9,11,15,18H,1-2,6,8,10,12H2/t15-/m1/s1. The molecule has 5 nitrogen and oxygen atoms in total. The van der Waals surface area contributed by atoms with Gasteiger partial charge in [0.15, 0.2) is 0 Å². The maximum atomic E-state index is 13.4. The first-order chi connectivity index (χ1) is 11.1. The lowest BCUT2D eigenvalue weighted by atomic mass is 10.2. The van der Waals surface area contributed by atoms with Gasteiger partial charge >= 0.3 is 0 Å². The molecule has 2 heterocycles. The number of fused-ring (bicyclic) bond motifs is 1. The fraction of sp³-hybridized carbons (Fsp3) is 0.438. The van der Waals surface area contributed by atoms with E-state index in [0.717, 1.165) is 30.2 Å². The van der Waals surface area contributed by atoms with Gasteiger partial charge in [-0.15, -0.1) is 0 Å². The van der Waals surface area contributed by atoms with Crippen molar-refractivity contribution >= 4 is 20.8 Å². The molecule has 1 saturated heterocycles. The smallest absolute Gasteiger partial charge is 0.243 e. The van der Waals surface area contributed by atoms with Crippen molar-refractivity contribution < 1.29 is 12.8 Å². The lowest BCUT2D eigenvalue weighted by Gasteiger charge is -2.31. The Hall–Kier alpha value is -1.57. The van der Waals surface area contributed by atoms with Crippen molar-refractivity contribution in [2.24, 2.45) is 0 Å². The summed E-state index contributed by atoms with van der Waals surface area (Å²) in [6.45, 7) is 0.803. The fourth-order valence-electron chi connectivity index (χ4n) is 2.88. The zero-order chi connectivity index (χ0) is 16.3. The fourth-order valence-corrected chi connectivity index (χ4v) is 4.56.